The molecule has 2 N–H and O–H groups in total. The van der Waals surface area contributed by atoms with Crippen molar-refractivity contribution >= 4 is 5.96 Å². The number of nitrogens with zero attached hydrogens (tertiary/aromatic N) is 1. The molecule has 14 heavy (non-hydrogen) atoms. The van der Waals surface area contributed by atoms with Crippen LogP contribution in [0.25, 0.3) is 0 Å². The summed E-state index contributed by atoms with van der Waals surface area (Å²) in [5.74, 6) is 0.841. The van der Waals surface area contributed by atoms with Gasteiger partial charge < -0.3 is 15.4 Å². The van der Waals surface area contributed by atoms with Crippen LogP contribution in [0.3, 0.4) is 0 Å². The smallest absolute Gasteiger partial charge is 0.191 e. The zero-order valence-electron chi connectivity index (χ0n) is 9.98. The molecule has 0 rings (SSSR count). The number of ether oxygens (including phenoxy) is 1. The number of aliphatic imine (C=N–C) groups is 1. The zero-order valence-corrected chi connectivity index (χ0v) is 9.98. The van der Waals surface area contributed by atoms with Crippen LogP contribution in [-0.2, 0) is 4.74 Å². The minimum atomic E-state index is 0.0447. The van der Waals surface area contributed by atoms with Crippen molar-refractivity contribution in [3.05, 3.63) is 0 Å². The van der Waals surface area contributed by atoms with Crippen LogP contribution in [-0.4, -0.2) is 38.8 Å². The van der Waals surface area contributed by atoms with Gasteiger partial charge in [0.05, 0.1) is 0 Å². The van der Waals surface area contributed by atoms with Crippen LogP contribution < -0.4 is 10.6 Å². The number of hydrogen-bond donors (Lipinski definition) is 2. The average Bonchev–Trinajstić information content (AvgIpc) is 2.08. The third-order valence-electron chi connectivity index (χ3n) is 1.53. The molecule has 0 saturated heterocycles. The Bertz CT molecular complexity index is 173. The van der Waals surface area contributed by atoms with Crippen LogP contribution in [0.4, 0.5) is 0 Å². The number of nitrogens with one attached hydrogen (secondary N) is 2. The Morgan fingerprint density at radius 1 is 1.36 bits per heavy atom. The lowest BCUT2D eigenvalue weighted by atomic mass is 10.1. The fourth-order valence-electron chi connectivity index (χ4n) is 0.958. The average molecular weight is 201 g/mol. The molecule has 0 amide bonds. The summed E-state index contributed by atoms with van der Waals surface area (Å²) in [4.78, 5) is 4.12. The van der Waals surface area contributed by atoms with Crippen molar-refractivity contribution < 1.29 is 4.74 Å². The molecule has 0 aromatic carbocycles. The van der Waals surface area contributed by atoms with E-state index in [9.17, 15) is 0 Å². The monoisotopic (exact) mass is 201 g/mol. The summed E-state index contributed by atoms with van der Waals surface area (Å²) < 4.78 is 4.96. The second kappa shape index (κ2) is 6.65. The Labute approximate surface area is 87.1 Å². The first-order valence-corrected chi connectivity index (χ1v) is 4.97. The fourth-order valence-corrected chi connectivity index (χ4v) is 0.958. The minimum absolute atomic E-state index is 0.0447. The van der Waals surface area contributed by atoms with E-state index >= 15 is 0 Å². The maximum atomic E-state index is 4.96. The highest BCUT2D eigenvalue weighted by atomic mass is 16.5. The highest BCUT2D eigenvalue weighted by molar-refractivity contribution is 5.80. The van der Waals surface area contributed by atoms with Crippen LogP contribution in [0.2, 0.25) is 0 Å². The Kier molecular flexibility index (Phi) is 6.28. The lowest BCUT2D eigenvalue weighted by Gasteiger charge is -2.23. The third-order valence-corrected chi connectivity index (χ3v) is 1.53. The Hall–Kier alpha value is -0.770. The van der Waals surface area contributed by atoms with Crippen molar-refractivity contribution in [2.75, 3.05) is 27.3 Å². The zero-order chi connectivity index (χ0) is 11.0. The maximum absolute atomic E-state index is 4.96. The Morgan fingerprint density at radius 3 is 2.43 bits per heavy atom. The molecule has 0 aliphatic heterocycles. The summed E-state index contributed by atoms with van der Waals surface area (Å²) in [6.45, 7) is 7.97. The van der Waals surface area contributed by atoms with Crippen molar-refractivity contribution in [1.82, 2.24) is 10.6 Å². The molecule has 0 fully saturated rings. The predicted octanol–water partition coefficient (Wildman–Crippen LogP) is 0.986. The predicted molar refractivity (Wildman–Crippen MR) is 60.7 cm³/mol. The first kappa shape index (κ1) is 13.2. The van der Waals surface area contributed by atoms with Crippen LogP contribution >= 0.6 is 0 Å². The van der Waals surface area contributed by atoms with Crippen LogP contribution in [0.1, 0.15) is 27.2 Å². The number of guanidine groups is 1. The maximum Gasteiger partial charge on any atom is 0.191 e. The number of methoxy groups -OCH3 is 1. The molecule has 0 saturated carbocycles. The van der Waals surface area contributed by atoms with Gasteiger partial charge in [-0.3, -0.25) is 4.99 Å². The van der Waals surface area contributed by atoms with E-state index < -0.39 is 0 Å². The topological polar surface area (TPSA) is 45.7 Å². The normalized spacial score (nSPS) is 12.8. The van der Waals surface area contributed by atoms with Crippen molar-refractivity contribution in [3.63, 3.8) is 0 Å². The van der Waals surface area contributed by atoms with Gasteiger partial charge in [-0.15, -0.1) is 0 Å². The minimum Gasteiger partial charge on any atom is -0.385 e. The highest BCUT2D eigenvalue weighted by Gasteiger charge is 2.10. The van der Waals surface area contributed by atoms with Crippen molar-refractivity contribution in [1.29, 1.82) is 0 Å². The molecule has 0 aromatic heterocycles. The lowest BCUT2D eigenvalue weighted by Crippen LogP contribution is -2.47. The van der Waals surface area contributed by atoms with Gasteiger partial charge in [0.1, 0.15) is 0 Å². The molecule has 4 nitrogen and oxygen atoms in total. The van der Waals surface area contributed by atoms with Gasteiger partial charge in [-0.2, -0.15) is 0 Å². The lowest BCUT2D eigenvalue weighted by molar-refractivity contribution is 0.195. The molecular formula is C10H23N3O. The van der Waals surface area contributed by atoms with E-state index in [-0.39, 0.29) is 5.54 Å². The summed E-state index contributed by atoms with van der Waals surface area (Å²) in [7, 11) is 3.49. The number of rotatable bonds is 4. The van der Waals surface area contributed by atoms with Gasteiger partial charge in [-0.1, -0.05) is 0 Å². The summed E-state index contributed by atoms with van der Waals surface area (Å²) in [5.41, 5.74) is 0.0447. The standard InChI is InChI=1S/C10H23N3O/c1-10(2,3)13-9(11-4)12-7-6-8-14-5/h6-8H2,1-5H3,(H2,11,12,13). The van der Waals surface area contributed by atoms with Crippen molar-refractivity contribution in [3.8, 4) is 0 Å². The van der Waals surface area contributed by atoms with Crippen LogP contribution in [0.5, 0.6) is 0 Å². The summed E-state index contributed by atoms with van der Waals surface area (Å²) >= 11 is 0. The molecule has 4 heteroatoms. The van der Waals surface area contributed by atoms with Gasteiger partial charge in [0.15, 0.2) is 5.96 Å². The molecule has 0 aliphatic carbocycles. The Balaban J connectivity index is 3.71. The van der Waals surface area contributed by atoms with Gasteiger partial charge in [-0.25, -0.2) is 0 Å². The summed E-state index contributed by atoms with van der Waals surface area (Å²) in [6.07, 6.45) is 0.987. The second-order valence-electron chi connectivity index (χ2n) is 4.22. The molecule has 0 aromatic rings. The van der Waals surface area contributed by atoms with Gasteiger partial charge in [0.25, 0.3) is 0 Å². The third kappa shape index (κ3) is 7.86. The largest absolute Gasteiger partial charge is 0.385 e. The number of hydrogen-bond acceptors (Lipinski definition) is 2. The van der Waals surface area contributed by atoms with E-state index in [1.54, 1.807) is 14.2 Å². The van der Waals surface area contributed by atoms with Crippen LogP contribution in [0.15, 0.2) is 4.99 Å². The van der Waals surface area contributed by atoms with Gasteiger partial charge in [0.2, 0.25) is 0 Å². The van der Waals surface area contributed by atoms with E-state index in [1.165, 1.54) is 0 Å². The highest BCUT2D eigenvalue weighted by Crippen LogP contribution is 1.97. The molecule has 0 radical (unpaired) electrons. The summed E-state index contributed by atoms with van der Waals surface area (Å²) in [5, 5.41) is 6.50. The van der Waals surface area contributed by atoms with Gasteiger partial charge >= 0.3 is 0 Å². The van der Waals surface area contributed by atoms with E-state index in [1.807, 2.05) is 0 Å². The first-order chi connectivity index (χ1) is 6.49. The molecule has 0 heterocycles. The SMILES string of the molecule is CN=C(NCCCOC)NC(C)(C)C. The summed E-state index contributed by atoms with van der Waals surface area (Å²) in [6, 6.07) is 0. The van der Waals surface area contributed by atoms with E-state index in [2.05, 4.69) is 36.4 Å². The molecule has 0 spiro atoms. The molecule has 0 atom stereocenters. The molecule has 0 aliphatic rings. The quantitative estimate of drug-likeness (QED) is 0.405. The molecule has 84 valence electrons. The fraction of sp³-hybridized carbons (Fsp3) is 0.900. The van der Waals surface area contributed by atoms with Crippen LogP contribution in [0, 0.1) is 0 Å². The second-order valence-corrected chi connectivity index (χ2v) is 4.22. The molecular weight excluding hydrogens is 178 g/mol. The van der Waals surface area contributed by atoms with E-state index in [4.69, 9.17) is 4.74 Å². The van der Waals surface area contributed by atoms with Gasteiger partial charge in [-0.05, 0) is 27.2 Å². The van der Waals surface area contributed by atoms with E-state index in [0.717, 1.165) is 25.5 Å². The first-order valence-electron chi connectivity index (χ1n) is 4.97. The van der Waals surface area contributed by atoms with E-state index in [0.29, 0.717) is 0 Å². The molecule has 0 bridgehead atoms. The van der Waals surface area contributed by atoms with Gasteiger partial charge in [0, 0.05) is 32.8 Å². The van der Waals surface area contributed by atoms with Crippen molar-refractivity contribution in [2.24, 2.45) is 4.99 Å². The molecule has 0 unspecified atom stereocenters. The Morgan fingerprint density at radius 2 is 2.00 bits per heavy atom. The van der Waals surface area contributed by atoms with Crippen molar-refractivity contribution in [2.45, 2.75) is 32.7 Å².